The van der Waals surface area contributed by atoms with E-state index in [0.717, 1.165) is 0 Å². The Morgan fingerprint density at radius 2 is 2.12 bits per heavy atom. The van der Waals surface area contributed by atoms with Crippen molar-refractivity contribution in [3.63, 3.8) is 0 Å². The number of amides is 1. The highest BCUT2D eigenvalue weighted by Crippen LogP contribution is 2.24. The molecule has 2 aromatic heterocycles. The summed E-state index contributed by atoms with van der Waals surface area (Å²) in [5, 5.41) is 11.4. The number of nitrogens with one attached hydrogen (secondary N) is 1. The van der Waals surface area contributed by atoms with E-state index in [2.05, 4.69) is 31.4 Å². The minimum Gasteiger partial charge on any atom is -0.303 e. The van der Waals surface area contributed by atoms with Crippen molar-refractivity contribution in [2.24, 2.45) is 0 Å². The van der Waals surface area contributed by atoms with E-state index in [0.29, 0.717) is 33.1 Å². The Labute approximate surface area is 156 Å². The summed E-state index contributed by atoms with van der Waals surface area (Å²) < 4.78 is 17.6. The minimum absolute atomic E-state index is 0.143. The third kappa shape index (κ3) is 3.91. The molecule has 0 fully saturated rings. The first-order valence-corrected chi connectivity index (χ1v) is 8.65. The molecule has 2 heterocycles. The van der Waals surface area contributed by atoms with Gasteiger partial charge in [-0.2, -0.15) is 10.2 Å². The molecule has 0 aliphatic carbocycles. The lowest BCUT2D eigenvalue weighted by Crippen LogP contribution is -2.14. The van der Waals surface area contributed by atoms with Crippen molar-refractivity contribution in [2.75, 3.05) is 5.32 Å². The van der Waals surface area contributed by atoms with Gasteiger partial charge in [-0.25, -0.2) is 4.39 Å². The van der Waals surface area contributed by atoms with E-state index >= 15 is 0 Å². The number of benzene rings is 1. The van der Waals surface area contributed by atoms with Crippen LogP contribution in [0.4, 0.5) is 10.2 Å². The van der Waals surface area contributed by atoms with E-state index in [9.17, 15) is 9.18 Å². The summed E-state index contributed by atoms with van der Waals surface area (Å²) in [6.07, 6.45) is 3.37. The van der Waals surface area contributed by atoms with E-state index < -0.39 is 5.82 Å². The molecule has 0 aliphatic heterocycles. The lowest BCUT2D eigenvalue weighted by atomic mass is 10.2. The molecule has 0 atom stereocenters. The number of nitrogens with zero attached hydrogens (tertiary/aromatic N) is 4. The summed E-state index contributed by atoms with van der Waals surface area (Å²) >= 11 is 9.37. The second-order valence-electron chi connectivity index (χ2n) is 5.23. The van der Waals surface area contributed by atoms with Gasteiger partial charge in [-0.05, 0) is 41.1 Å². The molecule has 0 radical (unpaired) electrons. The maximum atomic E-state index is 13.9. The van der Waals surface area contributed by atoms with Gasteiger partial charge in [-0.1, -0.05) is 17.7 Å². The molecule has 0 saturated carbocycles. The number of rotatable bonds is 5. The highest BCUT2D eigenvalue weighted by Gasteiger charge is 2.15. The first-order chi connectivity index (χ1) is 12.0. The molecule has 6 nitrogen and oxygen atoms in total. The van der Waals surface area contributed by atoms with Gasteiger partial charge in [0.2, 0.25) is 0 Å². The van der Waals surface area contributed by atoms with Crippen LogP contribution in [0, 0.1) is 5.82 Å². The van der Waals surface area contributed by atoms with Crippen LogP contribution >= 0.6 is 27.5 Å². The van der Waals surface area contributed by atoms with Gasteiger partial charge < -0.3 is 5.32 Å². The van der Waals surface area contributed by atoms with Gasteiger partial charge in [-0.3, -0.25) is 14.2 Å². The maximum Gasteiger partial charge on any atom is 0.277 e. The molecule has 25 heavy (non-hydrogen) atoms. The van der Waals surface area contributed by atoms with Crippen molar-refractivity contribution in [2.45, 2.75) is 20.0 Å². The van der Waals surface area contributed by atoms with Crippen molar-refractivity contribution in [1.82, 2.24) is 19.6 Å². The average Bonchev–Trinajstić information content (AvgIpc) is 3.18. The van der Waals surface area contributed by atoms with E-state index in [1.165, 1.54) is 10.7 Å². The SMILES string of the molecule is CCn1ccc(C(=O)Nc2nn(Cc3c(F)cccc3Cl)cc2Br)n1. The zero-order valence-electron chi connectivity index (χ0n) is 13.2. The fraction of sp³-hybridized carbons (Fsp3) is 0.188. The minimum atomic E-state index is -0.408. The predicted octanol–water partition coefficient (Wildman–Crippen LogP) is 3.96. The van der Waals surface area contributed by atoms with E-state index in [-0.39, 0.29) is 12.5 Å². The number of halogens is 3. The van der Waals surface area contributed by atoms with Gasteiger partial charge in [0.25, 0.3) is 5.91 Å². The zero-order valence-corrected chi connectivity index (χ0v) is 15.6. The molecule has 0 unspecified atom stereocenters. The lowest BCUT2D eigenvalue weighted by Gasteiger charge is -2.05. The molecule has 0 aliphatic rings. The van der Waals surface area contributed by atoms with Gasteiger partial charge in [0.05, 0.1) is 11.0 Å². The molecular formula is C16H14BrClFN5O. The van der Waals surface area contributed by atoms with Crippen molar-refractivity contribution < 1.29 is 9.18 Å². The Kier molecular flexibility index (Phi) is 5.19. The summed E-state index contributed by atoms with van der Waals surface area (Å²) in [7, 11) is 0. The molecule has 1 N–H and O–H groups in total. The zero-order chi connectivity index (χ0) is 18.0. The third-order valence-electron chi connectivity index (χ3n) is 3.53. The van der Waals surface area contributed by atoms with Crippen LogP contribution in [-0.4, -0.2) is 25.5 Å². The third-order valence-corrected chi connectivity index (χ3v) is 4.46. The van der Waals surface area contributed by atoms with Crippen LogP contribution < -0.4 is 5.32 Å². The summed E-state index contributed by atoms with van der Waals surface area (Å²) in [6.45, 7) is 2.75. The summed E-state index contributed by atoms with van der Waals surface area (Å²) in [6, 6.07) is 6.13. The number of anilines is 1. The molecular weight excluding hydrogens is 413 g/mol. The van der Waals surface area contributed by atoms with Crippen molar-refractivity contribution in [1.29, 1.82) is 0 Å². The molecule has 0 spiro atoms. The van der Waals surface area contributed by atoms with E-state index in [1.807, 2.05) is 6.92 Å². The molecule has 3 rings (SSSR count). The fourth-order valence-electron chi connectivity index (χ4n) is 2.24. The van der Waals surface area contributed by atoms with Gasteiger partial charge in [0.15, 0.2) is 11.5 Å². The van der Waals surface area contributed by atoms with Crippen LogP contribution in [0.2, 0.25) is 5.02 Å². The molecule has 0 bridgehead atoms. The van der Waals surface area contributed by atoms with Crippen LogP contribution in [0.15, 0.2) is 41.1 Å². The Hall–Kier alpha value is -2.19. The Morgan fingerprint density at radius 1 is 1.32 bits per heavy atom. The Bertz CT molecular complexity index is 903. The highest BCUT2D eigenvalue weighted by atomic mass is 79.9. The quantitative estimate of drug-likeness (QED) is 0.672. The van der Waals surface area contributed by atoms with Crippen LogP contribution in [0.5, 0.6) is 0 Å². The summed E-state index contributed by atoms with van der Waals surface area (Å²) in [5.74, 6) is -0.458. The van der Waals surface area contributed by atoms with Gasteiger partial charge in [0.1, 0.15) is 5.82 Å². The van der Waals surface area contributed by atoms with E-state index in [4.69, 9.17) is 11.6 Å². The monoisotopic (exact) mass is 425 g/mol. The topological polar surface area (TPSA) is 64.7 Å². The molecule has 3 aromatic rings. The first kappa shape index (κ1) is 17.6. The lowest BCUT2D eigenvalue weighted by molar-refractivity contribution is 0.102. The van der Waals surface area contributed by atoms with Crippen molar-refractivity contribution in [3.05, 3.63) is 63.2 Å². The second kappa shape index (κ2) is 7.37. The van der Waals surface area contributed by atoms with Crippen LogP contribution in [0.1, 0.15) is 23.0 Å². The molecule has 0 saturated heterocycles. The normalized spacial score (nSPS) is 10.9. The maximum absolute atomic E-state index is 13.9. The molecule has 130 valence electrons. The Balaban J connectivity index is 1.77. The number of hydrogen-bond donors (Lipinski definition) is 1. The number of aryl methyl sites for hydroxylation is 1. The van der Waals surface area contributed by atoms with Crippen molar-refractivity contribution >= 4 is 39.3 Å². The number of hydrogen-bond acceptors (Lipinski definition) is 3. The van der Waals surface area contributed by atoms with Crippen LogP contribution in [-0.2, 0) is 13.1 Å². The second-order valence-corrected chi connectivity index (χ2v) is 6.50. The van der Waals surface area contributed by atoms with Crippen molar-refractivity contribution in [3.8, 4) is 0 Å². The molecule has 1 aromatic carbocycles. The largest absolute Gasteiger partial charge is 0.303 e. The van der Waals surface area contributed by atoms with Gasteiger partial charge in [-0.15, -0.1) is 0 Å². The first-order valence-electron chi connectivity index (χ1n) is 7.48. The summed E-state index contributed by atoms with van der Waals surface area (Å²) in [4.78, 5) is 12.2. The molecule has 9 heteroatoms. The van der Waals surface area contributed by atoms with Crippen LogP contribution in [0.25, 0.3) is 0 Å². The Morgan fingerprint density at radius 3 is 2.80 bits per heavy atom. The highest BCUT2D eigenvalue weighted by molar-refractivity contribution is 9.10. The number of carbonyl (C=O) groups excluding carboxylic acids is 1. The van der Waals surface area contributed by atoms with Gasteiger partial charge in [0, 0.05) is 29.5 Å². The number of aromatic nitrogens is 4. The standard InChI is InChI=1S/C16H14BrClFN5O/c1-2-23-7-6-14(21-23)16(25)20-15-11(17)9-24(22-15)8-10-12(18)4-3-5-13(10)19/h3-7,9H,2,8H2,1H3,(H,20,22,25). The predicted molar refractivity (Wildman–Crippen MR) is 96.3 cm³/mol. The van der Waals surface area contributed by atoms with Crippen LogP contribution in [0.3, 0.4) is 0 Å². The summed E-state index contributed by atoms with van der Waals surface area (Å²) in [5.41, 5.74) is 0.624. The van der Waals surface area contributed by atoms with Gasteiger partial charge >= 0.3 is 0 Å². The molecule has 1 amide bonds. The fourth-order valence-corrected chi connectivity index (χ4v) is 2.88. The van der Waals surface area contributed by atoms with E-state index in [1.54, 1.807) is 35.3 Å². The number of carbonyl (C=O) groups is 1. The smallest absolute Gasteiger partial charge is 0.277 e. The average molecular weight is 427 g/mol.